The highest BCUT2D eigenvalue weighted by Crippen LogP contribution is 2.33. The summed E-state index contributed by atoms with van der Waals surface area (Å²) in [6.07, 6.45) is -0.490. The van der Waals surface area contributed by atoms with Gasteiger partial charge >= 0.3 is 0 Å². The van der Waals surface area contributed by atoms with Crippen LogP contribution in [0.3, 0.4) is 0 Å². The molecule has 3 nitrogen and oxygen atoms in total. The van der Waals surface area contributed by atoms with Gasteiger partial charge in [-0.2, -0.15) is 0 Å². The maximum Gasteiger partial charge on any atom is 0.221 e. The number of anilines is 1. The van der Waals surface area contributed by atoms with E-state index in [1.807, 2.05) is 42.5 Å². The van der Waals surface area contributed by atoms with E-state index in [1.54, 1.807) is 18.7 Å². The van der Waals surface area contributed by atoms with Crippen molar-refractivity contribution in [3.05, 3.63) is 52.5 Å². The average Bonchev–Trinajstić information content (AvgIpc) is 2.40. The van der Waals surface area contributed by atoms with Crippen molar-refractivity contribution in [2.45, 2.75) is 29.7 Å². The van der Waals surface area contributed by atoms with Crippen molar-refractivity contribution >= 4 is 39.3 Å². The topological polar surface area (TPSA) is 49.3 Å². The van der Waals surface area contributed by atoms with Gasteiger partial charge in [-0.05, 0) is 48.9 Å². The van der Waals surface area contributed by atoms with E-state index >= 15 is 0 Å². The zero-order chi connectivity index (χ0) is 15.4. The Morgan fingerprint density at radius 3 is 2.33 bits per heavy atom. The van der Waals surface area contributed by atoms with E-state index in [2.05, 4.69) is 21.2 Å². The quantitative estimate of drug-likeness (QED) is 0.831. The standard InChI is InChI=1S/C16H16BrNO2S/c1-10(19)15-8-7-14(9-16(15)17)21-13-5-3-12(4-6-13)18-11(2)20/h3-10,19H,1-2H3,(H,18,20). The lowest BCUT2D eigenvalue weighted by molar-refractivity contribution is -0.114. The van der Waals surface area contributed by atoms with Gasteiger partial charge in [-0.1, -0.05) is 33.8 Å². The van der Waals surface area contributed by atoms with Crippen molar-refractivity contribution in [2.75, 3.05) is 5.32 Å². The minimum absolute atomic E-state index is 0.0759. The summed E-state index contributed by atoms with van der Waals surface area (Å²) in [5, 5.41) is 12.4. The lowest BCUT2D eigenvalue weighted by atomic mass is 10.1. The maximum absolute atomic E-state index is 11.0. The molecule has 0 aliphatic carbocycles. The number of hydrogen-bond acceptors (Lipinski definition) is 3. The molecule has 0 aliphatic rings. The van der Waals surface area contributed by atoms with E-state index in [0.29, 0.717) is 0 Å². The van der Waals surface area contributed by atoms with E-state index in [0.717, 1.165) is 25.5 Å². The monoisotopic (exact) mass is 365 g/mol. The van der Waals surface area contributed by atoms with Crippen molar-refractivity contribution in [1.82, 2.24) is 0 Å². The van der Waals surface area contributed by atoms with Gasteiger partial charge < -0.3 is 10.4 Å². The van der Waals surface area contributed by atoms with Gasteiger partial charge in [0.25, 0.3) is 0 Å². The van der Waals surface area contributed by atoms with Crippen LogP contribution in [0.5, 0.6) is 0 Å². The number of hydrogen-bond donors (Lipinski definition) is 2. The SMILES string of the molecule is CC(=O)Nc1ccc(Sc2ccc(C(C)O)c(Br)c2)cc1. The number of amides is 1. The molecule has 1 atom stereocenters. The van der Waals surface area contributed by atoms with E-state index in [-0.39, 0.29) is 5.91 Å². The summed E-state index contributed by atoms with van der Waals surface area (Å²) >= 11 is 5.10. The fourth-order valence-electron chi connectivity index (χ4n) is 1.86. The Hall–Kier alpha value is -1.30. The molecular weight excluding hydrogens is 350 g/mol. The first kappa shape index (κ1) is 16.1. The molecule has 0 heterocycles. The Morgan fingerprint density at radius 1 is 1.19 bits per heavy atom. The minimum atomic E-state index is -0.490. The molecule has 0 spiro atoms. The molecule has 2 aromatic carbocycles. The predicted molar refractivity (Wildman–Crippen MR) is 89.6 cm³/mol. The molecule has 2 rings (SSSR count). The summed E-state index contributed by atoms with van der Waals surface area (Å²) in [7, 11) is 0. The van der Waals surface area contributed by atoms with E-state index in [9.17, 15) is 9.90 Å². The molecule has 110 valence electrons. The maximum atomic E-state index is 11.0. The van der Waals surface area contributed by atoms with Gasteiger partial charge in [-0.25, -0.2) is 0 Å². The number of benzene rings is 2. The van der Waals surface area contributed by atoms with Gasteiger partial charge in [-0.15, -0.1) is 0 Å². The molecule has 0 fully saturated rings. The summed E-state index contributed by atoms with van der Waals surface area (Å²) in [5.74, 6) is -0.0759. The zero-order valence-corrected chi connectivity index (χ0v) is 14.2. The third kappa shape index (κ3) is 4.59. The number of aliphatic hydroxyl groups excluding tert-OH is 1. The van der Waals surface area contributed by atoms with Crippen LogP contribution < -0.4 is 5.32 Å². The van der Waals surface area contributed by atoms with Crippen LogP contribution in [0.1, 0.15) is 25.5 Å². The van der Waals surface area contributed by atoms with E-state index in [1.165, 1.54) is 6.92 Å². The molecule has 5 heteroatoms. The van der Waals surface area contributed by atoms with Gasteiger partial charge in [0.15, 0.2) is 0 Å². The first-order valence-electron chi connectivity index (χ1n) is 6.48. The molecule has 0 bridgehead atoms. The minimum Gasteiger partial charge on any atom is -0.389 e. The smallest absolute Gasteiger partial charge is 0.221 e. The molecule has 0 saturated carbocycles. The van der Waals surface area contributed by atoms with Gasteiger partial charge in [0, 0.05) is 26.9 Å². The number of nitrogens with one attached hydrogen (secondary N) is 1. The molecule has 0 radical (unpaired) electrons. The van der Waals surface area contributed by atoms with Crippen LogP contribution in [0, 0.1) is 0 Å². The predicted octanol–water partition coefficient (Wildman–Crippen LogP) is 4.61. The summed E-state index contributed by atoms with van der Waals surface area (Å²) in [6.45, 7) is 3.23. The van der Waals surface area contributed by atoms with Crippen LogP contribution in [-0.4, -0.2) is 11.0 Å². The van der Waals surface area contributed by atoms with E-state index < -0.39 is 6.10 Å². The molecule has 21 heavy (non-hydrogen) atoms. The zero-order valence-electron chi connectivity index (χ0n) is 11.8. The van der Waals surface area contributed by atoms with Gasteiger partial charge in [0.1, 0.15) is 0 Å². The molecule has 0 aromatic heterocycles. The molecule has 0 saturated heterocycles. The Balaban J connectivity index is 2.11. The Morgan fingerprint density at radius 2 is 1.81 bits per heavy atom. The van der Waals surface area contributed by atoms with E-state index in [4.69, 9.17) is 0 Å². The number of carbonyl (C=O) groups is 1. The highest BCUT2D eigenvalue weighted by molar-refractivity contribution is 9.10. The van der Waals surface area contributed by atoms with Crippen molar-refractivity contribution in [1.29, 1.82) is 0 Å². The molecule has 0 aliphatic heterocycles. The third-order valence-electron chi connectivity index (χ3n) is 2.83. The highest BCUT2D eigenvalue weighted by Gasteiger charge is 2.07. The summed E-state index contributed by atoms with van der Waals surface area (Å²) < 4.78 is 0.900. The number of rotatable bonds is 4. The summed E-state index contributed by atoms with van der Waals surface area (Å²) in [5.41, 5.74) is 1.66. The van der Waals surface area contributed by atoms with Crippen LogP contribution >= 0.6 is 27.7 Å². The Labute approximate surface area is 136 Å². The van der Waals surface area contributed by atoms with Crippen molar-refractivity contribution in [3.63, 3.8) is 0 Å². The second-order valence-corrected chi connectivity index (χ2v) is 6.67. The van der Waals surface area contributed by atoms with Crippen LogP contribution in [0.4, 0.5) is 5.69 Å². The normalized spacial score (nSPS) is 12.0. The van der Waals surface area contributed by atoms with Crippen molar-refractivity contribution in [2.24, 2.45) is 0 Å². The van der Waals surface area contributed by atoms with Crippen molar-refractivity contribution < 1.29 is 9.90 Å². The largest absolute Gasteiger partial charge is 0.389 e. The van der Waals surface area contributed by atoms with Gasteiger partial charge in [-0.3, -0.25) is 4.79 Å². The lowest BCUT2D eigenvalue weighted by Crippen LogP contribution is -2.05. The second-order valence-electron chi connectivity index (χ2n) is 4.67. The molecule has 2 N–H and O–H groups in total. The third-order valence-corrected chi connectivity index (χ3v) is 4.52. The van der Waals surface area contributed by atoms with Crippen LogP contribution in [0.2, 0.25) is 0 Å². The molecule has 1 unspecified atom stereocenters. The number of carbonyl (C=O) groups excluding carboxylic acids is 1. The highest BCUT2D eigenvalue weighted by atomic mass is 79.9. The average molecular weight is 366 g/mol. The Kier molecular flexibility index (Phi) is 5.45. The molecule has 2 aromatic rings. The number of aliphatic hydroxyl groups is 1. The van der Waals surface area contributed by atoms with Crippen LogP contribution in [-0.2, 0) is 4.79 Å². The fourth-order valence-corrected chi connectivity index (χ4v) is 3.57. The fraction of sp³-hybridized carbons (Fsp3) is 0.188. The lowest BCUT2D eigenvalue weighted by Gasteiger charge is -2.10. The van der Waals surface area contributed by atoms with Crippen LogP contribution in [0.25, 0.3) is 0 Å². The molecular formula is C16H16BrNO2S. The Bertz CT molecular complexity index is 641. The molecule has 1 amide bonds. The number of halogens is 1. The first-order chi connectivity index (χ1) is 9.95. The van der Waals surface area contributed by atoms with Gasteiger partial charge in [0.2, 0.25) is 5.91 Å². The summed E-state index contributed by atoms with van der Waals surface area (Å²) in [6, 6.07) is 13.6. The summed E-state index contributed by atoms with van der Waals surface area (Å²) in [4.78, 5) is 13.1. The van der Waals surface area contributed by atoms with Crippen LogP contribution in [0.15, 0.2) is 56.7 Å². The second kappa shape index (κ2) is 7.11. The van der Waals surface area contributed by atoms with Gasteiger partial charge in [0.05, 0.1) is 6.10 Å². The first-order valence-corrected chi connectivity index (χ1v) is 8.09. The van der Waals surface area contributed by atoms with Crippen molar-refractivity contribution in [3.8, 4) is 0 Å².